The number of sulfonamides is 1. The van der Waals surface area contributed by atoms with Gasteiger partial charge >= 0.3 is 5.97 Å². The molecule has 0 radical (unpaired) electrons. The van der Waals surface area contributed by atoms with Crippen molar-refractivity contribution in [1.29, 1.82) is 0 Å². The van der Waals surface area contributed by atoms with Gasteiger partial charge in [-0.25, -0.2) is 8.42 Å². The Morgan fingerprint density at radius 2 is 1.70 bits per heavy atom. The van der Waals surface area contributed by atoms with Crippen LogP contribution in [0.15, 0.2) is 41.3 Å². The predicted octanol–water partition coefficient (Wildman–Crippen LogP) is 3.38. The molecule has 2 aromatic carbocycles. The summed E-state index contributed by atoms with van der Waals surface area (Å²) in [5.74, 6) is -0.783. The Labute approximate surface area is 135 Å². The fourth-order valence-corrected chi connectivity index (χ4v) is 4.83. The Morgan fingerprint density at radius 3 is 2.43 bits per heavy atom. The van der Waals surface area contributed by atoms with Gasteiger partial charge < -0.3 is 5.11 Å². The third kappa shape index (κ3) is 2.91. The number of rotatable bonds is 7. The third-order valence-electron chi connectivity index (χ3n) is 4.18. The maximum atomic E-state index is 12.7. The molecule has 0 aromatic heterocycles. The lowest BCUT2D eigenvalue weighted by molar-refractivity contribution is -0.137. The lowest BCUT2D eigenvalue weighted by Gasteiger charge is -2.18. The van der Waals surface area contributed by atoms with E-state index >= 15 is 0 Å². The van der Waals surface area contributed by atoms with Crippen molar-refractivity contribution in [3.63, 3.8) is 0 Å². The van der Waals surface area contributed by atoms with Crippen molar-refractivity contribution in [2.45, 2.75) is 37.0 Å². The number of carboxylic acids is 1. The lowest BCUT2D eigenvalue weighted by atomic mass is 10.1. The molecule has 0 saturated carbocycles. The number of carboxylic acid groups (broad SMARTS) is 1. The number of aliphatic carboxylic acids is 1. The van der Waals surface area contributed by atoms with E-state index in [2.05, 4.69) is 0 Å². The number of anilines is 1. The summed E-state index contributed by atoms with van der Waals surface area (Å²) in [4.78, 5) is 10.9. The Balaban J connectivity index is 1.72. The van der Waals surface area contributed by atoms with Crippen LogP contribution in [-0.2, 0) is 14.8 Å². The topological polar surface area (TPSA) is 74.7 Å². The summed E-state index contributed by atoms with van der Waals surface area (Å²) in [7, 11) is -3.47. The predicted molar refractivity (Wildman–Crippen MR) is 89.2 cm³/mol. The van der Waals surface area contributed by atoms with Crippen LogP contribution >= 0.6 is 0 Å². The molecule has 0 fully saturated rings. The van der Waals surface area contributed by atoms with Gasteiger partial charge in [0.1, 0.15) is 0 Å². The van der Waals surface area contributed by atoms with Crippen molar-refractivity contribution in [2.24, 2.45) is 0 Å². The summed E-state index contributed by atoms with van der Waals surface area (Å²) in [5, 5.41) is 10.4. The molecule has 2 aromatic rings. The van der Waals surface area contributed by atoms with Crippen LogP contribution in [0, 0.1) is 0 Å². The van der Waals surface area contributed by atoms with Gasteiger partial charge in [0.25, 0.3) is 10.0 Å². The van der Waals surface area contributed by atoms with Gasteiger partial charge in [0.05, 0.1) is 10.6 Å². The first-order valence-corrected chi connectivity index (χ1v) is 9.22. The van der Waals surface area contributed by atoms with Crippen LogP contribution < -0.4 is 4.31 Å². The molecule has 23 heavy (non-hydrogen) atoms. The number of hydrogen-bond acceptors (Lipinski definition) is 3. The summed E-state index contributed by atoms with van der Waals surface area (Å²) in [6.07, 6.45) is 3.16. The zero-order valence-electron chi connectivity index (χ0n) is 12.7. The van der Waals surface area contributed by atoms with E-state index in [1.54, 1.807) is 12.1 Å². The average molecular weight is 333 g/mol. The normalized spacial score (nSPS) is 15.2. The van der Waals surface area contributed by atoms with Gasteiger partial charge in [-0.3, -0.25) is 9.10 Å². The van der Waals surface area contributed by atoms with Crippen LogP contribution in [0.2, 0.25) is 0 Å². The summed E-state index contributed by atoms with van der Waals surface area (Å²) in [6, 6.07) is 11.0. The van der Waals surface area contributed by atoms with Crippen LogP contribution in [0.3, 0.4) is 0 Å². The van der Waals surface area contributed by atoms with Crippen molar-refractivity contribution in [2.75, 3.05) is 10.8 Å². The minimum absolute atomic E-state index is 0.173. The molecular weight excluding hydrogens is 314 g/mol. The van der Waals surface area contributed by atoms with Crippen molar-refractivity contribution in [3.05, 3.63) is 36.4 Å². The molecule has 3 rings (SSSR count). The third-order valence-corrected chi connectivity index (χ3v) is 6.04. The van der Waals surface area contributed by atoms with Crippen molar-refractivity contribution in [1.82, 2.24) is 0 Å². The first kappa shape index (κ1) is 15.8. The van der Waals surface area contributed by atoms with Crippen LogP contribution in [0.5, 0.6) is 0 Å². The molecule has 0 bridgehead atoms. The zero-order valence-corrected chi connectivity index (χ0v) is 13.6. The van der Waals surface area contributed by atoms with Gasteiger partial charge in [-0.05, 0) is 30.4 Å². The van der Waals surface area contributed by atoms with Gasteiger partial charge in [0.15, 0.2) is 0 Å². The summed E-state index contributed by atoms with van der Waals surface area (Å²) in [5.41, 5.74) is 0.753. The largest absolute Gasteiger partial charge is 0.481 e. The summed E-state index contributed by atoms with van der Waals surface area (Å²) >= 11 is 0. The van der Waals surface area contributed by atoms with Crippen molar-refractivity contribution >= 4 is 32.5 Å². The van der Waals surface area contributed by atoms with Crippen LogP contribution in [0.1, 0.15) is 32.1 Å². The molecule has 1 aliphatic heterocycles. The molecule has 0 atom stereocenters. The monoisotopic (exact) mass is 333 g/mol. The zero-order chi connectivity index (χ0) is 16.4. The van der Waals surface area contributed by atoms with E-state index < -0.39 is 16.0 Å². The Bertz CT molecular complexity index is 840. The van der Waals surface area contributed by atoms with E-state index in [0.717, 1.165) is 35.7 Å². The van der Waals surface area contributed by atoms with Crippen molar-refractivity contribution < 1.29 is 18.3 Å². The number of benzene rings is 2. The molecule has 0 spiro atoms. The number of hydrogen-bond donors (Lipinski definition) is 1. The SMILES string of the molecule is O=C(O)CCCCCCN1c2cccc3cccc(c23)S1(=O)=O. The smallest absolute Gasteiger partial charge is 0.303 e. The average Bonchev–Trinajstić information content (AvgIpc) is 2.73. The molecular formula is C17H19NO4S. The number of unbranched alkanes of at least 4 members (excludes halogenated alkanes) is 3. The minimum Gasteiger partial charge on any atom is -0.481 e. The molecule has 0 unspecified atom stereocenters. The van der Waals surface area contributed by atoms with Crippen LogP contribution in [0.4, 0.5) is 5.69 Å². The summed E-state index contributed by atoms with van der Waals surface area (Å²) < 4.78 is 26.9. The standard InChI is InChI=1S/C17H19NO4S/c19-16(20)11-3-1-2-4-12-18-14-9-5-7-13-8-6-10-15(17(13)14)23(18,21)22/h5-10H,1-4,11-12H2,(H,19,20). The fourth-order valence-electron chi connectivity index (χ4n) is 3.08. The summed E-state index contributed by atoms with van der Waals surface area (Å²) in [6.45, 7) is 0.434. The molecule has 1 heterocycles. The second kappa shape index (κ2) is 6.20. The van der Waals surface area contributed by atoms with Gasteiger partial charge in [-0.2, -0.15) is 0 Å². The van der Waals surface area contributed by atoms with Gasteiger partial charge in [-0.15, -0.1) is 0 Å². The van der Waals surface area contributed by atoms with Crippen molar-refractivity contribution in [3.8, 4) is 0 Å². The first-order valence-electron chi connectivity index (χ1n) is 7.78. The van der Waals surface area contributed by atoms with E-state index in [9.17, 15) is 13.2 Å². The molecule has 5 nitrogen and oxygen atoms in total. The van der Waals surface area contributed by atoms with E-state index in [1.165, 1.54) is 4.31 Å². The molecule has 6 heteroatoms. The molecule has 1 N–H and O–H groups in total. The molecule has 1 aliphatic rings. The van der Waals surface area contributed by atoms with Gasteiger partial charge in [0, 0.05) is 18.4 Å². The number of nitrogens with zero attached hydrogens (tertiary/aromatic N) is 1. The molecule has 122 valence electrons. The highest BCUT2D eigenvalue weighted by molar-refractivity contribution is 7.93. The fraction of sp³-hybridized carbons (Fsp3) is 0.353. The molecule has 0 amide bonds. The minimum atomic E-state index is -3.47. The van der Waals surface area contributed by atoms with Gasteiger partial charge in [-0.1, -0.05) is 37.1 Å². The maximum Gasteiger partial charge on any atom is 0.303 e. The highest BCUT2D eigenvalue weighted by atomic mass is 32.2. The van der Waals surface area contributed by atoms with E-state index in [-0.39, 0.29) is 6.42 Å². The van der Waals surface area contributed by atoms with E-state index in [1.807, 2.05) is 24.3 Å². The van der Waals surface area contributed by atoms with E-state index in [0.29, 0.717) is 17.9 Å². The Hall–Kier alpha value is -2.08. The van der Waals surface area contributed by atoms with Crippen LogP contribution in [0.25, 0.3) is 10.8 Å². The van der Waals surface area contributed by atoms with Crippen LogP contribution in [-0.4, -0.2) is 26.0 Å². The quantitative estimate of drug-likeness (QED) is 0.788. The van der Waals surface area contributed by atoms with E-state index in [4.69, 9.17) is 5.11 Å². The molecule has 0 aliphatic carbocycles. The lowest BCUT2D eigenvalue weighted by Crippen LogP contribution is -2.28. The second-order valence-corrected chi connectivity index (χ2v) is 7.60. The number of carbonyl (C=O) groups is 1. The second-order valence-electron chi connectivity index (χ2n) is 5.77. The van der Waals surface area contributed by atoms with Gasteiger partial charge in [0.2, 0.25) is 0 Å². The first-order chi connectivity index (χ1) is 11.0. The molecule has 0 saturated heterocycles. The Kier molecular flexibility index (Phi) is 4.26. The highest BCUT2D eigenvalue weighted by Gasteiger charge is 2.34. The highest BCUT2D eigenvalue weighted by Crippen LogP contribution is 2.41. The Morgan fingerprint density at radius 1 is 1.00 bits per heavy atom. The maximum absolute atomic E-state index is 12.7.